The van der Waals surface area contributed by atoms with Gasteiger partial charge in [0.25, 0.3) is 0 Å². The van der Waals surface area contributed by atoms with Crippen molar-refractivity contribution >= 4 is 51.4 Å². The van der Waals surface area contributed by atoms with E-state index in [1.807, 2.05) is 78.6 Å². The summed E-state index contributed by atoms with van der Waals surface area (Å²) in [5.41, 5.74) is 10.4. The van der Waals surface area contributed by atoms with E-state index < -0.39 is 0 Å². The van der Waals surface area contributed by atoms with Crippen molar-refractivity contribution in [1.82, 2.24) is 9.97 Å². The van der Waals surface area contributed by atoms with Gasteiger partial charge in [-0.1, -0.05) is 62.1 Å². The number of rotatable bonds is 4. The van der Waals surface area contributed by atoms with Crippen LogP contribution in [0.25, 0.3) is 16.8 Å². The molecule has 0 fully saturated rings. The van der Waals surface area contributed by atoms with Crippen LogP contribution < -0.4 is 15.5 Å². The summed E-state index contributed by atoms with van der Waals surface area (Å²) in [5.74, 6) is 1.33. The van der Waals surface area contributed by atoms with E-state index in [9.17, 15) is 15.8 Å². The van der Waals surface area contributed by atoms with Crippen LogP contribution in [0.15, 0.2) is 95.4 Å². The van der Waals surface area contributed by atoms with Crippen LogP contribution >= 0.6 is 0 Å². The van der Waals surface area contributed by atoms with Gasteiger partial charge in [0.05, 0.1) is 11.3 Å². The molecule has 6 rings (SSSR count). The highest BCUT2D eigenvalue weighted by molar-refractivity contribution is 6.14. The Bertz CT molecular complexity index is 2060. The lowest BCUT2D eigenvalue weighted by Crippen LogP contribution is -2.33. The average Bonchev–Trinajstić information content (AvgIpc) is 3.03. The lowest BCUT2D eigenvalue weighted by molar-refractivity contribution is 0.771. The Morgan fingerprint density at radius 2 is 1.67 bits per heavy atom. The first-order valence-electron chi connectivity index (χ1n) is 13.6. The third-order valence-electron chi connectivity index (χ3n) is 7.67. The van der Waals surface area contributed by atoms with Gasteiger partial charge in [-0.2, -0.15) is 15.8 Å². The van der Waals surface area contributed by atoms with Gasteiger partial charge in [-0.05, 0) is 65.4 Å². The molecule has 4 aromatic rings. The molecule has 0 saturated heterocycles. The van der Waals surface area contributed by atoms with E-state index in [0.717, 1.165) is 28.4 Å². The van der Waals surface area contributed by atoms with Crippen LogP contribution in [0, 0.1) is 34.0 Å². The molecular weight excluding hydrogens is 534 g/mol. The van der Waals surface area contributed by atoms with Crippen molar-refractivity contribution in [3.05, 3.63) is 107 Å². The minimum Gasteiger partial charge on any atom is -0.381 e. The number of aliphatic imine (C=N–C) groups is 1. The number of nitriles is 3. The number of nitrogen functional groups attached to an aromatic ring is 1. The second-order valence-electron chi connectivity index (χ2n) is 10.3. The second-order valence-corrected chi connectivity index (χ2v) is 10.3. The van der Waals surface area contributed by atoms with Crippen LogP contribution in [0.4, 0.5) is 28.8 Å². The van der Waals surface area contributed by atoms with Gasteiger partial charge < -0.3 is 5.73 Å². The molecule has 0 spiro atoms. The number of aromatic nitrogens is 2. The van der Waals surface area contributed by atoms with Gasteiger partial charge in [-0.3, -0.25) is 9.80 Å². The molecular formula is C34H25N9. The third kappa shape index (κ3) is 4.54. The largest absolute Gasteiger partial charge is 0.381 e. The first-order valence-corrected chi connectivity index (χ1v) is 13.6. The molecule has 0 radical (unpaired) electrons. The number of hydrogen-bond acceptors (Lipinski definition) is 9. The predicted molar refractivity (Wildman–Crippen MR) is 168 cm³/mol. The van der Waals surface area contributed by atoms with Gasteiger partial charge in [0.2, 0.25) is 0 Å². The molecule has 206 valence electrons. The van der Waals surface area contributed by atoms with E-state index in [-0.39, 0.29) is 22.8 Å². The van der Waals surface area contributed by atoms with Crippen LogP contribution in [0.3, 0.4) is 0 Å². The lowest BCUT2D eigenvalue weighted by atomic mass is 9.88. The van der Waals surface area contributed by atoms with Crippen LogP contribution in [-0.2, 0) is 0 Å². The topological polar surface area (TPSA) is 142 Å². The normalized spacial score (nSPS) is 15.8. The van der Waals surface area contributed by atoms with E-state index in [1.54, 1.807) is 4.90 Å². The fourth-order valence-electron chi connectivity index (χ4n) is 5.47. The van der Waals surface area contributed by atoms with Crippen molar-refractivity contribution in [2.75, 3.05) is 15.5 Å². The molecule has 9 heteroatoms. The standard InChI is InChI=1S/C34H25N9/c1-20-7-6-10-24-12-14-27(16-28(20)24)42-22(3)32(39-29(18-36)21(2)17-35)43(33-34(42)41-31(38)30(19-37)40-33)26-13-11-23-8-4-5-9-25(23)15-26/h4-6,8-16,20H,2,7H2,1,3H3,(H2,38,41)/b39-29-. The van der Waals surface area contributed by atoms with E-state index >= 15 is 0 Å². The summed E-state index contributed by atoms with van der Waals surface area (Å²) in [7, 11) is 0. The number of anilines is 5. The van der Waals surface area contributed by atoms with Gasteiger partial charge in [0.15, 0.2) is 34.7 Å². The second kappa shape index (κ2) is 10.6. The monoisotopic (exact) mass is 559 g/mol. The molecule has 2 N–H and O–H groups in total. The number of nitrogens with zero attached hydrogens (tertiary/aromatic N) is 8. The third-order valence-corrected chi connectivity index (χ3v) is 7.67. The molecule has 1 aliphatic carbocycles. The summed E-state index contributed by atoms with van der Waals surface area (Å²) < 4.78 is 0. The summed E-state index contributed by atoms with van der Waals surface area (Å²) in [5, 5.41) is 31.4. The fourth-order valence-corrected chi connectivity index (χ4v) is 5.47. The molecule has 0 saturated carbocycles. The zero-order valence-electron chi connectivity index (χ0n) is 23.6. The Labute approximate surface area is 249 Å². The maximum absolute atomic E-state index is 9.96. The molecule has 9 nitrogen and oxygen atoms in total. The van der Waals surface area contributed by atoms with Crippen molar-refractivity contribution in [3.63, 3.8) is 0 Å². The predicted octanol–water partition coefficient (Wildman–Crippen LogP) is 7.13. The van der Waals surface area contributed by atoms with Gasteiger partial charge in [-0.15, -0.1) is 0 Å². The SMILES string of the molecule is C=C(C#N)/C(C#N)=N\C1=C(C)N(c2ccc3c(c2)C(C)CC=C3)c2nc(N)c(C#N)nc2N1c1ccc2ccccc2c1. The van der Waals surface area contributed by atoms with E-state index in [1.165, 1.54) is 5.56 Å². The summed E-state index contributed by atoms with van der Waals surface area (Å²) >= 11 is 0. The van der Waals surface area contributed by atoms with Crippen LogP contribution in [-0.4, -0.2) is 15.7 Å². The zero-order chi connectivity index (χ0) is 30.2. The lowest BCUT2D eigenvalue weighted by Gasteiger charge is -2.38. The first kappa shape index (κ1) is 27.0. The van der Waals surface area contributed by atoms with E-state index in [0.29, 0.717) is 34.8 Å². The summed E-state index contributed by atoms with van der Waals surface area (Å²) in [6, 6.07) is 25.9. The number of fused-ring (bicyclic) bond motifs is 3. The van der Waals surface area contributed by atoms with Crippen LogP contribution in [0.1, 0.15) is 43.0 Å². The number of hydrogen-bond donors (Lipinski definition) is 1. The van der Waals surface area contributed by atoms with Gasteiger partial charge in [-0.25, -0.2) is 15.0 Å². The maximum atomic E-state index is 9.96. The Balaban J connectivity index is 1.68. The van der Waals surface area contributed by atoms with Crippen LogP contribution in [0.2, 0.25) is 0 Å². The minimum absolute atomic E-state index is 0.00528. The Morgan fingerprint density at radius 3 is 2.42 bits per heavy atom. The van der Waals surface area contributed by atoms with Crippen LogP contribution in [0.5, 0.6) is 0 Å². The molecule has 2 aliphatic rings. The fraction of sp³-hybridized carbons (Fsp3) is 0.118. The maximum Gasteiger partial charge on any atom is 0.185 e. The van der Waals surface area contributed by atoms with Crippen molar-refractivity contribution in [2.24, 2.45) is 4.99 Å². The molecule has 0 bridgehead atoms. The number of allylic oxidation sites excluding steroid dienone is 3. The summed E-state index contributed by atoms with van der Waals surface area (Å²) in [6.07, 6.45) is 5.21. The molecule has 0 amide bonds. The Kier molecular flexibility index (Phi) is 6.66. The van der Waals surface area contributed by atoms with E-state index in [4.69, 9.17) is 15.7 Å². The molecule has 1 aliphatic heterocycles. The zero-order valence-corrected chi connectivity index (χ0v) is 23.6. The molecule has 1 atom stereocenters. The summed E-state index contributed by atoms with van der Waals surface area (Å²) in [6.45, 7) is 7.77. The Hall–Kier alpha value is -6.24. The highest BCUT2D eigenvalue weighted by Gasteiger charge is 2.35. The number of benzene rings is 3. The number of nitrogens with two attached hydrogens (primary N) is 1. The summed E-state index contributed by atoms with van der Waals surface area (Å²) in [4.78, 5) is 17.7. The Morgan fingerprint density at radius 1 is 0.953 bits per heavy atom. The van der Waals surface area contributed by atoms with Crippen molar-refractivity contribution in [2.45, 2.75) is 26.2 Å². The quantitative estimate of drug-likeness (QED) is 0.206. The smallest absolute Gasteiger partial charge is 0.185 e. The molecule has 1 aromatic heterocycles. The van der Waals surface area contributed by atoms with Crippen molar-refractivity contribution in [1.29, 1.82) is 15.8 Å². The van der Waals surface area contributed by atoms with E-state index in [2.05, 4.69) is 42.8 Å². The molecule has 2 heterocycles. The van der Waals surface area contributed by atoms with Crippen molar-refractivity contribution < 1.29 is 0 Å². The first-order chi connectivity index (χ1) is 20.8. The highest BCUT2D eigenvalue weighted by atomic mass is 15.4. The highest BCUT2D eigenvalue weighted by Crippen LogP contribution is 2.47. The van der Waals surface area contributed by atoms with Crippen molar-refractivity contribution in [3.8, 4) is 18.2 Å². The average molecular weight is 560 g/mol. The van der Waals surface area contributed by atoms with Gasteiger partial charge in [0.1, 0.15) is 18.2 Å². The molecule has 1 unspecified atom stereocenters. The van der Waals surface area contributed by atoms with Gasteiger partial charge >= 0.3 is 0 Å². The van der Waals surface area contributed by atoms with Gasteiger partial charge in [0, 0.05) is 11.4 Å². The molecule has 3 aromatic carbocycles. The minimum atomic E-state index is -0.140. The molecule has 43 heavy (non-hydrogen) atoms.